The van der Waals surface area contributed by atoms with Crippen LogP contribution in [0.3, 0.4) is 0 Å². The number of para-hydroxylation sites is 1. The van der Waals surface area contributed by atoms with Crippen molar-refractivity contribution in [3.05, 3.63) is 88.0 Å². The van der Waals surface area contributed by atoms with Crippen molar-refractivity contribution in [1.82, 2.24) is 5.32 Å². The number of methoxy groups -OCH3 is 1. The second kappa shape index (κ2) is 12.2. The van der Waals surface area contributed by atoms with E-state index in [2.05, 4.69) is 26.1 Å². The number of carbonyl (C=O) groups is 1. The van der Waals surface area contributed by atoms with Crippen molar-refractivity contribution in [2.24, 2.45) is 0 Å². The minimum atomic E-state index is -4.34. The minimum Gasteiger partial charge on any atom is -0.497 e. The molecule has 0 unspecified atom stereocenters. The number of hydrogen-bond acceptors (Lipinski definition) is 7. The van der Waals surface area contributed by atoms with Gasteiger partial charge in [0.25, 0.3) is 15.7 Å². The molecule has 0 saturated carbocycles. The lowest BCUT2D eigenvalue weighted by molar-refractivity contribution is -0.385. The first-order valence-corrected chi connectivity index (χ1v) is 13.7. The highest BCUT2D eigenvalue weighted by molar-refractivity contribution is 7.92. The molecular weight excluding hydrogens is 522 g/mol. The Labute approximate surface area is 228 Å². The predicted octanol–water partition coefficient (Wildman–Crippen LogP) is 4.60. The largest absolute Gasteiger partial charge is 0.497 e. The highest BCUT2D eigenvalue weighted by Gasteiger charge is 2.29. The maximum Gasteiger partial charge on any atom is 0.273 e. The van der Waals surface area contributed by atoms with E-state index < -0.39 is 27.4 Å². The Hall–Kier alpha value is -4.12. The van der Waals surface area contributed by atoms with Gasteiger partial charge in [-0.25, -0.2) is 8.42 Å². The van der Waals surface area contributed by atoms with Gasteiger partial charge in [0.2, 0.25) is 5.91 Å². The van der Waals surface area contributed by atoms with E-state index in [-0.39, 0.29) is 34.8 Å². The average molecular weight is 556 g/mol. The van der Waals surface area contributed by atoms with Gasteiger partial charge in [-0.2, -0.15) is 0 Å². The van der Waals surface area contributed by atoms with E-state index in [1.54, 1.807) is 12.1 Å². The number of nitrogens with one attached hydrogen (secondary N) is 1. The first-order valence-electron chi connectivity index (χ1n) is 12.3. The van der Waals surface area contributed by atoms with Crippen LogP contribution in [-0.2, 0) is 20.2 Å². The summed E-state index contributed by atoms with van der Waals surface area (Å²) in [6.07, 6.45) is 0. The molecule has 0 aliphatic carbocycles. The van der Waals surface area contributed by atoms with Crippen LogP contribution in [0, 0.1) is 17.0 Å². The summed E-state index contributed by atoms with van der Waals surface area (Å²) in [6.45, 7) is 7.53. The van der Waals surface area contributed by atoms with E-state index in [4.69, 9.17) is 9.47 Å². The summed E-state index contributed by atoms with van der Waals surface area (Å²) in [4.78, 5) is 23.4. The molecule has 0 heterocycles. The fraction of sp³-hybridized carbons (Fsp3) is 0.321. The molecule has 10 nitrogen and oxygen atoms in total. The molecule has 3 aromatic carbocycles. The van der Waals surface area contributed by atoms with Crippen LogP contribution in [0.2, 0.25) is 0 Å². The number of carbonyl (C=O) groups excluding carboxylic acids is 1. The van der Waals surface area contributed by atoms with Crippen LogP contribution in [0.4, 0.5) is 11.4 Å². The van der Waals surface area contributed by atoms with Gasteiger partial charge in [-0.1, -0.05) is 45.0 Å². The Bertz CT molecular complexity index is 1430. The number of nitrogens with zero attached hydrogens (tertiary/aromatic N) is 2. The van der Waals surface area contributed by atoms with E-state index in [0.717, 1.165) is 15.9 Å². The van der Waals surface area contributed by atoms with Gasteiger partial charge in [-0.15, -0.1) is 0 Å². The Morgan fingerprint density at radius 2 is 1.72 bits per heavy atom. The maximum atomic E-state index is 13.6. The summed E-state index contributed by atoms with van der Waals surface area (Å²) in [5.41, 5.74) is 1.09. The van der Waals surface area contributed by atoms with Crippen molar-refractivity contribution in [2.45, 2.75) is 38.0 Å². The molecule has 208 valence electrons. The highest BCUT2D eigenvalue weighted by Crippen LogP contribution is 2.31. The van der Waals surface area contributed by atoms with Gasteiger partial charge >= 0.3 is 0 Å². The number of nitro benzene ring substituents is 1. The quantitative estimate of drug-likeness (QED) is 0.208. The molecule has 1 N–H and O–H groups in total. The number of sulfonamides is 1. The Morgan fingerprint density at radius 3 is 2.33 bits per heavy atom. The van der Waals surface area contributed by atoms with Crippen LogP contribution < -0.4 is 19.1 Å². The highest BCUT2D eigenvalue weighted by atomic mass is 32.2. The van der Waals surface area contributed by atoms with Crippen molar-refractivity contribution in [2.75, 3.05) is 31.1 Å². The Kier molecular flexibility index (Phi) is 9.18. The van der Waals surface area contributed by atoms with Crippen LogP contribution in [0.1, 0.15) is 31.9 Å². The van der Waals surface area contributed by atoms with Crippen molar-refractivity contribution >= 4 is 27.3 Å². The third-order valence-electron chi connectivity index (χ3n) is 5.99. The third kappa shape index (κ3) is 7.26. The van der Waals surface area contributed by atoms with E-state index in [9.17, 15) is 23.3 Å². The molecule has 0 bridgehead atoms. The molecule has 0 radical (unpaired) electrons. The second-order valence-electron chi connectivity index (χ2n) is 9.86. The van der Waals surface area contributed by atoms with Crippen molar-refractivity contribution in [1.29, 1.82) is 0 Å². The molecule has 3 rings (SSSR count). The van der Waals surface area contributed by atoms with E-state index >= 15 is 0 Å². The summed E-state index contributed by atoms with van der Waals surface area (Å²) >= 11 is 0. The lowest BCUT2D eigenvalue weighted by atomic mass is 9.86. The van der Waals surface area contributed by atoms with Gasteiger partial charge in [0.05, 0.1) is 29.2 Å². The standard InChI is InChI=1S/C28H33N3O7S/c1-20-10-15-23(18-25(20)31(33)34)39(35,36)30(21-11-13-22(37-5)14-12-21)19-27(32)29-16-17-38-26-9-7-6-8-24(26)28(2,3)4/h6-15,18H,16-17,19H2,1-5H3,(H,29,32). The molecule has 0 fully saturated rings. The topological polar surface area (TPSA) is 128 Å². The second-order valence-corrected chi connectivity index (χ2v) is 11.7. The Morgan fingerprint density at radius 1 is 1.05 bits per heavy atom. The van der Waals surface area contributed by atoms with Crippen molar-refractivity contribution < 1.29 is 27.6 Å². The fourth-order valence-electron chi connectivity index (χ4n) is 3.89. The van der Waals surface area contributed by atoms with Gasteiger partial charge < -0.3 is 14.8 Å². The third-order valence-corrected chi connectivity index (χ3v) is 7.76. The number of anilines is 1. The van der Waals surface area contributed by atoms with Crippen LogP contribution in [0.25, 0.3) is 0 Å². The zero-order chi connectivity index (χ0) is 28.8. The maximum absolute atomic E-state index is 13.6. The number of aryl methyl sites for hydroxylation is 1. The van der Waals surface area contributed by atoms with Crippen LogP contribution in [-0.4, -0.2) is 46.1 Å². The van der Waals surface area contributed by atoms with Crippen molar-refractivity contribution in [3.63, 3.8) is 0 Å². The zero-order valence-electron chi connectivity index (χ0n) is 22.6. The number of amides is 1. The van der Waals surface area contributed by atoms with Crippen LogP contribution in [0.15, 0.2) is 71.6 Å². The summed E-state index contributed by atoms with van der Waals surface area (Å²) in [5.74, 6) is 0.644. The molecule has 0 aliphatic heterocycles. The van der Waals surface area contributed by atoms with E-state index in [1.165, 1.54) is 38.3 Å². The Balaban J connectivity index is 1.79. The number of hydrogen-bond donors (Lipinski definition) is 1. The molecule has 1 amide bonds. The first kappa shape index (κ1) is 29.4. The molecule has 0 saturated heterocycles. The lowest BCUT2D eigenvalue weighted by Gasteiger charge is -2.24. The SMILES string of the molecule is COc1ccc(N(CC(=O)NCCOc2ccccc2C(C)(C)C)S(=O)(=O)c2ccc(C)c([N+](=O)[O-])c2)cc1. The molecule has 11 heteroatoms. The number of rotatable bonds is 11. The summed E-state index contributed by atoms with van der Waals surface area (Å²) in [6, 6.07) is 17.4. The van der Waals surface area contributed by atoms with Gasteiger partial charge in [-0.05, 0) is 54.3 Å². The first-order chi connectivity index (χ1) is 18.3. The van der Waals surface area contributed by atoms with E-state index in [1.807, 2.05) is 24.3 Å². The lowest BCUT2D eigenvalue weighted by Crippen LogP contribution is -2.42. The predicted molar refractivity (Wildman–Crippen MR) is 149 cm³/mol. The smallest absolute Gasteiger partial charge is 0.273 e. The molecule has 39 heavy (non-hydrogen) atoms. The van der Waals surface area contributed by atoms with Gasteiger partial charge in [-0.3, -0.25) is 19.2 Å². The summed E-state index contributed by atoms with van der Waals surface area (Å²) in [7, 11) is -2.86. The number of ether oxygens (including phenoxy) is 2. The minimum absolute atomic E-state index is 0.127. The van der Waals surface area contributed by atoms with Crippen LogP contribution in [0.5, 0.6) is 11.5 Å². The molecule has 0 atom stereocenters. The molecule has 0 aromatic heterocycles. The van der Waals surface area contributed by atoms with Crippen molar-refractivity contribution in [3.8, 4) is 11.5 Å². The number of nitro groups is 1. The van der Waals surface area contributed by atoms with E-state index in [0.29, 0.717) is 17.1 Å². The van der Waals surface area contributed by atoms with Gasteiger partial charge in [0.15, 0.2) is 0 Å². The molecule has 0 aliphatic rings. The van der Waals surface area contributed by atoms with Gasteiger partial charge in [0, 0.05) is 11.6 Å². The summed E-state index contributed by atoms with van der Waals surface area (Å²) < 4.78 is 39.2. The zero-order valence-corrected chi connectivity index (χ0v) is 23.4. The molecular formula is C28H33N3O7S. The summed E-state index contributed by atoms with van der Waals surface area (Å²) in [5, 5.41) is 14.1. The number of benzene rings is 3. The molecule has 3 aromatic rings. The van der Waals surface area contributed by atoms with Gasteiger partial charge in [0.1, 0.15) is 24.7 Å². The average Bonchev–Trinajstić information content (AvgIpc) is 2.89. The fourth-order valence-corrected chi connectivity index (χ4v) is 5.33. The normalized spacial score (nSPS) is 11.5. The monoisotopic (exact) mass is 555 g/mol. The molecule has 0 spiro atoms. The van der Waals surface area contributed by atoms with Crippen LogP contribution >= 0.6 is 0 Å².